The normalized spacial score (nSPS) is 25.2. The Morgan fingerprint density at radius 1 is 1.08 bits per heavy atom. The maximum atomic E-state index is 12.9. The number of amides is 2. The van der Waals surface area contributed by atoms with Crippen LogP contribution in [-0.2, 0) is 4.79 Å². The molecule has 2 aliphatic rings. The van der Waals surface area contributed by atoms with Gasteiger partial charge >= 0.3 is 0 Å². The summed E-state index contributed by atoms with van der Waals surface area (Å²) in [5.74, 6) is 0.507. The molecule has 2 amide bonds. The molecule has 0 radical (unpaired) electrons. The van der Waals surface area contributed by atoms with E-state index < -0.39 is 0 Å². The molecule has 140 valence electrons. The van der Waals surface area contributed by atoms with Gasteiger partial charge in [-0.3, -0.25) is 9.59 Å². The standard InChI is InChI=1S/C21H28N2O3/c1-16-15-22-20(25)21(11-5-2-6-12-21)13-7-8-14-26-18-10-4-3-9-17(18)19(24)23-16/h3-4,7-10,16H,2,5-6,11-15H2,1H3,(H,22,25)(H,23,24)/b8-7+/t16-/m0/s1. The van der Waals surface area contributed by atoms with Crippen LogP contribution in [0.4, 0.5) is 0 Å². The van der Waals surface area contributed by atoms with E-state index in [-0.39, 0.29) is 23.3 Å². The lowest BCUT2D eigenvalue weighted by molar-refractivity contribution is -0.132. The summed E-state index contributed by atoms with van der Waals surface area (Å²) in [6, 6.07) is 7.09. The van der Waals surface area contributed by atoms with Crippen molar-refractivity contribution in [2.24, 2.45) is 5.41 Å². The molecular formula is C21H28N2O3. The number of carbonyl (C=O) groups excluding carboxylic acids is 2. The molecule has 0 bridgehead atoms. The van der Waals surface area contributed by atoms with Gasteiger partial charge in [0.2, 0.25) is 5.91 Å². The number of hydrogen-bond donors (Lipinski definition) is 2. The number of rotatable bonds is 0. The number of hydrogen-bond acceptors (Lipinski definition) is 3. The summed E-state index contributed by atoms with van der Waals surface area (Å²) >= 11 is 0. The molecule has 1 aromatic rings. The number of nitrogens with one attached hydrogen (secondary N) is 2. The van der Waals surface area contributed by atoms with Crippen LogP contribution in [0, 0.1) is 5.41 Å². The number of carbonyl (C=O) groups is 2. The average Bonchev–Trinajstić information content (AvgIpc) is 2.66. The highest BCUT2D eigenvalue weighted by Gasteiger charge is 2.38. The van der Waals surface area contributed by atoms with Crippen LogP contribution < -0.4 is 15.4 Å². The Labute approximate surface area is 155 Å². The van der Waals surface area contributed by atoms with Crippen molar-refractivity contribution in [1.82, 2.24) is 10.6 Å². The number of allylic oxidation sites excluding steroid dienone is 1. The van der Waals surface area contributed by atoms with Crippen LogP contribution in [0.3, 0.4) is 0 Å². The zero-order chi connectivity index (χ0) is 18.4. The SMILES string of the molecule is C[C@H]1CNC(=O)C2(C/C=C/COc3ccccc3C(=O)N1)CCCCC2. The molecule has 0 unspecified atom stereocenters. The van der Waals surface area contributed by atoms with Crippen LogP contribution in [-0.4, -0.2) is 31.0 Å². The van der Waals surface area contributed by atoms with Gasteiger partial charge in [-0.15, -0.1) is 0 Å². The highest BCUT2D eigenvalue weighted by Crippen LogP contribution is 2.40. The third-order valence-electron chi connectivity index (χ3n) is 5.38. The summed E-state index contributed by atoms with van der Waals surface area (Å²) in [5, 5.41) is 6.02. The van der Waals surface area contributed by atoms with Crippen LogP contribution in [0.2, 0.25) is 0 Å². The molecule has 3 rings (SSSR count). The number of para-hydroxylation sites is 1. The Kier molecular flexibility index (Phi) is 5.96. The summed E-state index contributed by atoms with van der Waals surface area (Å²) in [4.78, 5) is 25.4. The molecule has 1 aliphatic heterocycles. The van der Waals surface area contributed by atoms with Crippen molar-refractivity contribution in [3.05, 3.63) is 42.0 Å². The molecule has 1 saturated carbocycles. The molecule has 1 atom stereocenters. The van der Waals surface area contributed by atoms with E-state index in [0.717, 1.165) is 32.1 Å². The monoisotopic (exact) mass is 356 g/mol. The van der Waals surface area contributed by atoms with E-state index in [1.165, 1.54) is 6.42 Å². The number of benzene rings is 1. The van der Waals surface area contributed by atoms with Crippen LogP contribution in [0.25, 0.3) is 0 Å². The second-order valence-electron chi connectivity index (χ2n) is 7.41. The fourth-order valence-corrected chi connectivity index (χ4v) is 3.83. The molecule has 26 heavy (non-hydrogen) atoms. The summed E-state index contributed by atoms with van der Waals surface area (Å²) in [6.45, 7) is 2.72. The molecule has 2 N–H and O–H groups in total. The molecular weight excluding hydrogens is 328 g/mol. The van der Waals surface area contributed by atoms with Gasteiger partial charge in [0.15, 0.2) is 0 Å². The predicted molar refractivity (Wildman–Crippen MR) is 101 cm³/mol. The largest absolute Gasteiger partial charge is 0.489 e. The van der Waals surface area contributed by atoms with Crippen molar-refractivity contribution in [2.75, 3.05) is 13.2 Å². The lowest BCUT2D eigenvalue weighted by Crippen LogP contribution is -2.47. The van der Waals surface area contributed by atoms with Crippen molar-refractivity contribution in [1.29, 1.82) is 0 Å². The smallest absolute Gasteiger partial charge is 0.255 e. The Morgan fingerprint density at radius 2 is 1.85 bits per heavy atom. The third kappa shape index (κ3) is 4.26. The second-order valence-corrected chi connectivity index (χ2v) is 7.41. The van der Waals surface area contributed by atoms with E-state index in [2.05, 4.69) is 16.7 Å². The Bertz CT molecular complexity index is 678. The topological polar surface area (TPSA) is 67.4 Å². The molecule has 5 heteroatoms. The van der Waals surface area contributed by atoms with Gasteiger partial charge in [-0.05, 0) is 38.3 Å². The average molecular weight is 356 g/mol. The van der Waals surface area contributed by atoms with E-state index in [1.54, 1.807) is 6.07 Å². The fourth-order valence-electron chi connectivity index (χ4n) is 3.83. The molecule has 1 aromatic carbocycles. The predicted octanol–water partition coefficient (Wildman–Crippen LogP) is 3.21. The molecule has 1 heterocycles. The van der Waals surface area contributed by atoms with Crippen LogP contribution in [0.1, 0.15) is 55.8 Å². The van der Waals surface area contributed by atoms with Gasteiger partial charge < -0.3 is 15.4 Å². The van der Waals surface area contributed by atoms with Gasteiger partial charge in [0.1, 0.15) is 12.4 Å². The molecule has 0 aromatic heterocycles. The van der Waals surface area contributed by atoms with Crippen molar-refractivity contribution in [3.63, 3.8) is 0 Å². The van der Waals surface area contributed by atoms with E-state index >= 15 is 0 Å². The maximum absolute atomic E-state index is 12.9. The van der Waals surface area contributed by atoms with E-state index in [4.69, 9.17) is 4.74 Å². The van der Waals surface area contributed by atoms with Gasteiger partial charge in [-0.1, -0.05) is 43.5 Å². The zero-order valence-corrected chi connectivity index (χ0v) is 15.4. The van der Waals surface area contributed by atoms with Gasteiger partial charge in [0.05, 0.1) is 11.0 Å². The van der Waals surface area contributed by atoms with E-state index in [1.807, 2.05) is 31.2 Å². The lowest BCUT2D eigenvalue weighted by atomic mass is 9.71. The number of fused-ring (bicyclic) bond motifs is 1. The minimum Gasteiger partial charge on any atom is -0.489 e. The first-order valence-electron chi connectivity index (χ1n) is 9.57. The third-order valence-corrected chi connectivity index (χ3v) is 5.38. The lowest BCUT2D eigenvalue weighted by Gasteiger charge is -2.35. The minimum atomic E-state index is -0.319. The van der Waals surface area contributed by atoms with E-state index in [9.17, 15) is 9.59 Å². The first-order valence-corrected chi connectivity index (χ1v) is 9.57. The Hall–Kier alpha value is -2.30. The van der Waals surface area contributed by atoms with E-state index in [0.29, 0.717) is 24.5 Å². The van der Waals surface area contributed by atoms with Crippen LogP contribution >= 0.6 is 0 Å². The fraction of sp³-hybridized carbons (Fsp3) is 0.524. The molecule has 5 nitrogen and oxygen atoms in total. The zero-order valence-electron chi connectivity index (χ0n) is 15.4. The maximum Gasteiger partial charge on any atom is 0.255 e. The minimum absolute atomic E-state index is 0.112. The van der Waals surface area contributed by atoms with Crippen molar-refractivity contribution in [2.45, 2.75) is 51.5 Å². The van der Waals surface area contributed by atoms with Crippen LogP contribution in [0.5, 0.6) is 5.75 Å². The summed E-state index contributed by atoms with van der Waals surface area (Å²) < 4.78 is 5.79. The first-order chi connectivity index (χ1) is 12.6. The number of ether oxygens (including phenoxy) is 1. The van der Waals surface area contributed by atoms with Crippen molar-refractivity contribution in [3.8, 4) is 5.75 Å². The quantitative estimate of drug-likeness (QED) is 0.702. The van der Waals surface area contributed by atoms with Crippen molar-refractivity contribution >= 4 is 11.8 Å². The summed E-state index contributed by atoms with van der Waals surface area (Å²) in [5.41, 5.74) is 0.195. The summed E-state index contributed by atoms with van der Waals surface area (Å²) in [6.07, 6.45) is 9.99. The molecule has 1 spiro atoms. The van der Waals surface area contributed by atoms with Gasteiger partial charge in [0, 0.05) is 12.6 Å². The van der Waals surface area contributed by atoms with Gasteiger partial charge in [-0.2, -0.15) is 0 Å². The highest BCUT2D eigenvalue weighted by molar-refractivity contribution is 5.97. The molecule has 0 saturated heterocycles. The molecule has 1 aliphatic carbocycles. The Balaban J connectivity index is 1.81. The van der Waals surface area contributed by atoms with Gasteiger partial charge in [-0.25, -0.2) is 0 Å². The van der Waals surface area contributed by atoms with Crippen LogP contribution in [0.15, 0.2) is 36.4 Å². The van der Waals surface area contributed by atoms with Gasteiger partial charge in [0.25, 0.3) is 5.91 Å². The first kappa shape index (κ1) is 18.5. The Morgan fingerprint density at radius 3 is 2.65 bits per heavy atom. The summed E-state index contributed by atoms with van der Waals surface area (Å²) in [7, 11) is 0. The highest BCUT2D eigenvalue weighted by atomic mass is 16.5. The van der Waals surface area contributed by atoms with Crippen molar-refractivity contribution < 1.29 is 14.3 Å². The molecule has 1 fully saturated rings. The second kappa shape index (κ2) is 8.39.